The Balaban J connectivity index is 2.45. The smallest absolute Gasteiger partial charge is 0.248 e. The Labute approximate surface area is 103 Å². The topological polar surface area (TPSA) is 61.8 Å². The number of amides is 1. The first-order chi connectivity index (χ1) is 8.02. The van der Waals surface area contributed by atoms with Gasteiger partial charge in [-0.1, -0.05) is 13.8 Å². The van der Waals surface area contributed by atoms with Gasteiger partial charge in [0.25, 0.3) is 0 Å². The molecule has 1 saturated heterocycles. The number of aliphatic hydroxyl groups is 1. The molecule has 0 bridgehead atoms. The van der Waals surface area contributed by atoms with Gasteiger partial charge >= 0.3 is 0 Å². The van der Waals surface area contributed by atoms with Gasteiger partial charge in [-0.25, -0.2) is 0 Å². The van der Waals surface area contributed by atoms with E-state index in [1.54, 1.807) is 0 Å². The molecule has 0 aromatic rings. The van der Waals surface area contributed by atoms with Crippen LogP contribution in [0.4, 0.5) is 0 Å². The van der Waals surface area contributed by atoms with Crippen LogP contribution in [-0.2, 0) is 9.53 Å². The number of ether oxygens (including phenoxy) is 1. The largest absolute Gasteiger partial charge is 0.384 e. The van der Waals surface area contributed by atoms with E-state index in [0.29, 0.717) is 18.5 Å². The van der Waals surface area contributed by atoms with Gasteiger partial charge in [-0.05, 0) is 12.8 Å². The highest BCUT2D eigenvalue weighted by Crippen LogP contribution is 2.12. The van der Waals surface area contributed by atoms with Crippen LogP contribution in [0.5, 0.6) is 0 Å². The Morgan fingerprint density at radius 2 is 1.94 bits per heavy atom. The molecule has 2 unspecified atom stereocenters. The van der Waals surface area contributed by atoms with Gasteiger partial charge in [-0.3, -0.25) is 9.69 Å². The minimum Gasteiger partial charge on any atom is -0.384 e. The van der Waals surface area contributed by atoms with E-state index >= 15 is 0 Å². The van der Waals surface area contributed by atoms with Crippen molar-refractivity contribution in [3.8, 4) is 0 Å². The van der Waals surface area contributed by atoms with Gasteiger partial charge in [0.15, 0.2) is 0 Å². The van der Waals surface area contributed by atoms with Gasteiger partial charge in [0.2, 0.25) is 5.91 Å². The fourth-order valence-corrected chi connectivity index (χ4v) is 2.05. The van der Waals surface area contributed by atoms with Gasteiger partial charge in [-0.15, -0.1) is 0 Å². The molecule has 0 radical (unpaired) electrons. The third-order valence-electron chi connectivity index (χ3n) is 3.15. The number of hydrogen-bond acceptors (Lipinski definition) is 4. The molecule has 1 rings (SSSR count). The lowest BCUT2D eigenvalue weighted by Crippen LogP contribution is -2.52. The molecule has 2 atom stereocenters. The van der Waals surface area contributed by atoms with Gasteiger partial charge in [0.05, 0.1) is 13.2 Å². The third-order valence-corrected chi connectivity index (χ3v) is 3.15. The molecule has 5 heteroatoms. The average molecular weight is 244 g/mol. The van der Waals surface area contributed by atoms with Crippen LogP contribution in [0.2, 0.25) is 0 Å². The molecular formula is C12H24N2O3. The second kappa shape index (κ2) is 6.93. The van der Waals surface area contributed by atoms with Crippen LogP contribution in [0, 0.1) is 5.92 Å². The van der Waals surface area contributed by atoms with Crippen molar-refractivity contribution in [2.75, 3.05) is 32.8 Å². The minimum atomic E-state index is -0.937. The summed E-state index contributed by atoms with van der Waals surface area (Å²) in [5.41, 5.74) is 0. The number of hydrogen-bond donors (Lipinski definition) is 2. The van der Waals surface area contributed by atoms with Crippen molar-refractivity contribution in [1.29, 1.82) is 0 Å². The molecule has 0 saturated carbocycles. The van der Waals surface area contributed by atoms with E-state index in [0.717, 1.165) is 26.3 Å². The lowest BCUT2D eigenvalue weighted by atomic mass is 10.0. The number of nitrogens with zero attached hydrogens (tertiary/aromatic N) is 1. The highest BCUT2D eigenvalue weighted by atomic mass is 16.5. The normalized spacial score (nSPS) is 21.2. The van der Waals surface area contributed by atoms with Crippen LogP contribution in [0.25, 0.3) is 0 Å². The number of nitrogens with one attached hydrogen (secondary N) is 1. The van der Waals surface area contributed by atoms with Crippen molar-refractivity contribution in [3.63, 3.8) is 0 Å². The van der Waals surface area contributed by atoms with E-state index in [-0.39, 0.29) is 5.91 Å². The summed E-state index contributed by atoms with van der Waals surface area (Å²) in [5.74, 6) is 0.159. The van der Waals surface area contributed by atoms with Crippen LogP contribution in [0.15, 0.2) is 0 Å². The van der Waals surface area contributed by atoms with E-state index in [9.17, 15) is 4.79 Å². The van der Waals surface area contributed by atoms with Crippen molar-refractivity contribution in [2.45, 2.75) is 32.9 Å². The van der Waals surface area contributed by atoms with Gasteiger partial charge < -0.3 is 15.2 Å². The van der Waals surface area contributed by atoms with Crippen molar-refractivity contribution in [3.05, 3.63) is 0 Å². The van der Waals surface area contributed by atoms with Gasteiger partial charge in [0, 0.05) is 25.7 Å². The number of morpholine rings is 1. The highest BCUT2D eigenvalue weighted by Gasteiger charge is 2.24. The molecular weight excluding hydrogens is 220 g/mol. The van der Waals surface area contributed by atoms with Crippen LogP contribution >= 0.6 is 0 Å². The zero-order valence-electron chi connectivity index (χ0n) is 11.0. The van der Waals surface area contributed by atoms with E-state index in [1.807, 2.05) is 0 Å². The average Bonchev–Trinajstić information content (AvgIpc) is 2.29. The molecule has 0 spiro atoms. The Bertz CT molecular complexity index is 238. The van der Waals surface area contributed by atoms with Crippen molar-refractivity contribution in [1.82, 2.24) is 10.2 Å². The summed E-state index contributed by atoms with van der Waals surface area (Å²) in [4.78, 5) is 13.7. The van der Waals surface area contributed by atoms with E-state index in [2.05, 4.69) is 24.1 Å². The Hall–Kier alpha value is -0.650. The Kier molecular flexibility index (Phi) is 5.88. The lowest BCUT2D eigenvalue weighted by Gasteiger charge is -2.37. The zero-order chi connectivity index (χ0) is 12.8. The maximum atomic E-state index is 11.3. The van der Waals surface area contributed by atoms with Gasteiger partial charge in [0.1, 0.15) is 6.10 Å². The predicted octanol–water partition coefficient (Wildman–Crippen LogP) is -0.160. The number of carbonyl (C=O) groups is 1. The molecule has 17 heavy (non-hydrogen) atoms. The molecule has 2 N–H and O–H groups in total. The number of rotatable bonds is 5. The van der Waals surface area contributed by atoms with Crippen LogP contribution in [0.3, 0.4) is 0 Å². The number of carbonyl (C=O) groups excluding carboxylic acids is 1. The van der Waals surface area contributed by atoms with Crippen molar-refractivity contribution >= 4 is 5.91 Å². The minimum absolute atomic E-state index is 0.302. The molecule has 0 aromatic carbocycles. The van der Waals surface area contributed by atoms with Crippen molar-refractivity contribution in [2.24, 2.45) is 5.92 Å². The van der Waals surface area contributed by atoms with Crippen molar-refractivity contribution < 1.29 is 14.6 Å². The fourth-order valence-electron chi connectivity index (χ4n) is 2.05. The third kappa shape index (κ3) is 4.61. The molecule has 1 amide bonds. The standard InChI is InChI=1S/C12H24N2O3/c1-9(2)11(8-13-12(16)10(3)15)14-4-6-17-7-5-14/h9-11,15H,4-8H2,1-3H3,(H,13,16). The second-order valence-electron chi connectivity index (χ2n) is 4.88. The zero-order valence-corrected chi connectivity index (χ0v) is 11.0. The fraction of sp³-hybridized carbons (Fsp3) is 0.917. The van der Waals surface area contributed by atoms with Crippen LogP contribution in [0.1, 0.15) is 20.8 Å². The molecule has 0 aromatic heterocycles. The lowest BCUT2D eigenvalue weighted by molar-refractivity contribution is -0.128. The summed E-state index contributed by atoms with van der Waals surface area (Å²) >= 11 is 0. The maximum absolute atomic E-state index is 11.3. The summed E-state index contributed by atoms with van der Waals surface area (Å²) in [7, 11) is 0. The number of aliphatic hydroxyl groups excluding tert-OH is 1. The Morgan fingerprint density at radius 3 is 2.41 bits per heavy atom. The molecule has 5 nitrogen and oxygen atoms in total. The summed E-state index contributed by atoms with van der Waals surface area (Å²) < 4.78 is 5.32. The van der Waals surface area contributed by atoms with Gasteiger partial charge in [-0.2, -0.15) is 0 Å². The quantitative estimate of drug-likeness (QED) is 0.705. The predicted molar refractivity (Wildman–Crippen MR) is 65.7 cm³/mol. The molecule has 1 fully saturated rings. The summed E-state index contributed by atoms with van der Waals surface area (Å²) in [6.45, 7) is 9.70. The first-order valence-electron chi connectivity index (χ1n) is 6.30. The molecule has 100 valence electrons. The highest BCUT2D eigenvalue weighted by molar-refractivity contribution is 5.79. The molecule has 1 heterocycles. The van der Waals surface area contributed by atoms with E-state index < -0.39 is 6.10 Å². The second-order valence-corrected chi connectivity index (χ2v) is 4.88. The maximum Gasteiger partial charge on any atom is 0.248 e. The van der Waals surface area contributed by atoms with E-state index in [4.69, 9.17) is 9.84 Å². The summed E-state index contributed by atoms with van der Waals surface area (Å²) in [6.07, 6.45) is -0.937. The Morgan fingerprint density at radius 1 is 1.35 bits per heavy atom. The van der Waals surface area contributed by atoms with Crippen LogP contribution < -0.4 is 5.32 Å². The monoisotopic (exact) mass is 244 g/mol. The molecule has 0 aliphatic carbocycles. The first-order valence-corrected chi connectivity index (χ1v) is 6.30. The van der Waals surface area contributed by atoms with E-state index in [1.165, 1.54) is 6.92 Å². The summed E-state index contributed by atoms with van der Waals surface area (Å²) in [6, 6.07) is 0.307. The van der Waals surface area contributed by atoms with Crippen LogP contribution in [-0.4, -0.2) is 60.9 Å². The first kappa shape index (κ1) is 14.4. The SMILES string of the molecule is CC(O)C(=O)NCC(C(C)C)N1CCOCC1. The molecule has 1 aliphatic heterocycles. The molecule has 1 aliphatic rings. The summed E-state index contributed by atoms with van der Waals surface area (Å²) in [5, 5.41) is 11.9.